The van der Waals surface area contributed by atoms with Crippen LogP contribution < -0.4 is 0 Å². The minimum absolute atomic E-state index is 0.0568. The fraction of sp³-hybridized carbons (Fsp3) is 1.00. The third kappa shape index (κ3) is 15.5. The Hall–Kier alpha value is 0.190. The maximum atomic E-state index is 9.80. The van der Waals surface area contributed by atoms with E-state index in [2.05, 4.69) is 6.92 Å². The van der Waals surface area contributed by atoms with Crippen LogP contribution in [0, 0.1) is 0 Å². The summed E-state index contributed by atoms with van der Waals surface area (Å²) in [6.07, 6.45) is 9.68. The second kappa shape index (κ2) is 17.0. The van der Waals surface area contributed by atoms with Gasteiger partial charge in [0.15, 0.2) is 0 Å². The SMILES string of the molecule is CCCCCCCCCC(OCCCSCC(O)CO)C(C)O. The highest BCUT2D eigenvalue weighted by molar-refractivity contribution is 7.99. The summed E-state index contributed by atoms with van der Waals surface area (Å²) in [6.45, 7) is 4.51. The number of aliphatic hydroxyl groups excluding tert-OH is 3. The Morgan fingerprint density at radius 1 is 0.957 bits per heavy atom. The summed E-state index contributed by atoms with van der Waals surface area (Å²) in [6, 6.07) is 0. The van der Waals surface area contributed by atoms with Crippen molar-refractivity contribution in [1.82, 2.24) is 0 Å². The monoisotopic (exact) mass is 350 g/mol. The zero-order valence-electron chi connectivity index (χ0n) is 15.1. The van der Waals surface area contributed by atoms with Crippen molar-refractivity contribution in [2.24, 2.45) is 0 Å². The molecule has 0 aromatic heterocycles. The van der Waals surface area contributed by atoms with Gasteiger partial charge in [-0.15, -0.1) is 0 Å². The molecule has 0 spiro atoms. The molecule has 0 fully saturated rings. The lowest BCUT2D eigenvalue weighted by Crippen LogP contribution is -2.27. The fourth-order valence-electron chi connectivity index (χ4n) is 2.43. The van der Waals surface area contributed by atoms with E-state index in [-0.39, 0.29) is 12.7 Å². The Labute approximate surface area is 147 Å². The van der Waals surface area contributed by atoms with E-state index in [1.165, 1.54) is 38.5 Å². The van der Waals surface area contributed by atoms with Crippen molar-refractivity contribution >= 4 is 11.8 Å². The number of thioether (sulfide) groups is 1. The topological polar surface area (TPSA) is 69.9 Å². The molecule has 0 aromatic rings. The molecule has 3 atom stereocenters. The van der Waals surface area contributed by atoms with Crippen LogP contribution in [0.15, 0.2) is 0 Å². The van der Waals surface area contributed by atoms with Crippen LogP contribution >= 0.6 is 11.8 Å². The second-order valence-electron chi connectivity index (χ2n) is 6.32. The third-order valence-electron chi connectivity index (χ3n) is 3.92. The first-order valence-electron chi connectivity index (χ1n) is 9.28. The molecule has 0 saturated carbocycles. The van der Waals surface area contributed by atoms with Gasteiger partial charge in [0, 0.05) is 12.4 Å². The molecule has 0 aromatic carbocycles. The van der Waals surface area contributed by atoms with Crippen molar-refractivity contribution in [2.75, 3.05) is 24.7 Å². The van der Waals surface area contributed by atoms with E-state index in [0.717, 1.165) is 25.0 Å². The molecule has 140 valence electrons. The lowest BCUT2D eigenvalue weighted by molar-refractivity contribution is -0.0341. The largest absolute Gasteiger partial charge is 0.394 e. The maximum absolute atomic E-state index is 9.80. The molecule has 5 heteroatoms. The standard InChI is InChI=1S/C18H38O4S/c1-3-4-5-6-7-8-9-11-18(16(2)20)22-12-10-13-23-15-17(21)14-19/h16-21H,3-15H2,1-2H3. The Bertz CT molecular complexity index is 239. The van der Waals surface area contributed by atoms with E-state index >= 15 is 0 Å². The first kappa shape index (κ1) is 23.2. The highest BCUT2D eigenvalue weighted by Gasteiger charge is 2.14. The second-order valence-corrected chi connectivity index (χ2v) is 7.47. The van der Waals surface area contributed by atoms with Crippen molar-refractivity contribution < 1.29 is 20.1 Å². The average Bonchev–Trinajstić information content (AvgIpc) is 2.54. The lowest BCUT2D eigenvalue weighted by atomic mass is 10.0. The van der Waals surface area contributed by atoms with Crippen molar-refractivity contribution in [3.05, 3.63) is 0 Å². The predicted molar refractivity (Wildman–Crippen MR) is 99.1 cm³/mol. The molecular formula is C18H38O4S. The predicted octanol–water partition coefficient (Wildman–Crippen LogP) is 3.37. The first-order chi connectivity index (χ1) is 11.1. The van der Waals surface area contributed by atoms with Gasteiger partial charge >= 0.3 is 0 Å². The molecule has 4 nitrogen and oxygen atoms in total. The number of aliphatic hydroxyl groups is 3. The molecule has 0 aliphatic heterocycles. The highest BCUT2D eigenvalue weighted by atomic mass is 32.2. The molecule has 0 radical (unpaired) electrons. The number of hydrogen-bond donors (Lipinski definition) is 3. The van der Waals surface area contributed by atoms with Crippen molar-refractivity contribution in [3.63, 3.8) is 0 Å². The Morgan fingerprint density at radius 3 is 2.22 bits per heavy atom. The quantitative estimate of drug-likeness (QED) is 0.351. The Kier molecular flexibility index (Phi) is 17.2. The van der Waals surface area contributed by atoms with Gasteiger partial charge in [0.05, 0.1) is 24.9 Å². The molecule has 0 aliphatic carbocycles. The summed E-state index contributed by atoms with van der Waals surface area (Å²) in [5.74, 6) is 1.47. The van der Waals surface area contributed by atoms with Gasteiger partial charge in [-0.25, -0.2) is 0 Å². The molecule has 0 bridgehead atoms. The van der Waals surface area contributed by atoms with Crippen LogP contribution in [0.5, 0.6) is 0 Å². The number of rotatable bonds is 17. The molecule has 0 aliphatic rings. The molecule has 3 N–H and O–H groups in total. The van der Waals surface area contributed by atoms with E-state index in [4.69, 9.17) is 9.84 Å². The van der Waals surface area contributed by atoms with Crippen LogP contribution in [0.3, 0.4) is 0 Å². The molecule has 0 saturated heterocycles. The minimum Gasteiger partial charge on any atom is -0.394 e. The molecule has 3 unspecified atom stereocenters. The fourth-order valence-corrected chi connectivity index (χ4v) is 3.30. The van der Waals surface area contributed by atoms with Crippen LogP contribution in [0.1, 0.15) is 71.6 Å². The van der Waals surface area contributed by atoms with Crippen LogP contribution in [0.25, 0.3) is 0 Å². The van der Waals surface area contributed by atoms with Gasteiger partial charge in [-0.2, -0.15) is 11.8 Å². The van der Waals surface area contributed by atoms with E-state index in [1.54, 1.807) is 18.7 Å². The van der Waals surface area contributed by atoms with Crippen LogP contribution in [-0.4, -0.2) is 58.4 Å². The summed E-state index contributed by atoms with van der Waals surface area (Å²) in [4.78, 5) is 0. The van der Waals surface area contributed by atoms with Gasteiger partial charge in [-0.1, -0.05) is 51.9 Å². The van der Waals surface area contributed by atoms with Gasteiger partial charge in [-0.05, 0) is 25.5 Å². The summed E-state index contributed by atoms with van der Waals surface area (Å²) < 4.78 is 5.81. The molecule has 0 rings (SSSR count). The average molecular weight is 351 g/mol. The van der Waals surface area contributed by atoms with Crippen LogP contribution in [0.2, 0.25) is 0 Å². The maximum Gasteiger partial charge on any atom is 0.0861 e. The minimum atomic E-state index is -0.622. The van der Waals surface area contributed by atoms with E-state index in [9.17, 15) is 10.2 Å². The van der Waals surface area contributed by atoms with Crippen molar-refractivity contribution in [1.29, 1.82) is 0 Å². The summed E-state index contributed by atoms with van der Waals surface area (Å²) >= 11 is 1.62. The van der Waals surface area contributed by atoms with E-state index in [0.29, 0.717) is 12.4 Å². The van der Waals surface area contributed by atoms with Crippen LogP contribution in [-0.2, 0) is 4.74 Å². The van der Waals surface area contributed by atoms with Gasteiger partial charge < -0.3 is 20.1 Å². The van der Waals surface area contributed by atoms with Crippen molar-refractivity contribution in [3.8, 4) is 0 Å². The zero-order chi connectivity index (χ0) is 17.3. The number of unbranched alkanes of at least 4 members (excludes halogenated alkanes) is 6. The zero-order valence-corrected chi connectivity index (χ0v) is 15.9. The molecular weight excluding hydrogens is 312 g/mol. The Balaban J connectivity index is 3.55. The molecule has 0 heterocycles. The molecule has 0 amide bonds. The lowest BCUT2D eigenvalue weighted by Gasteiger charge is -2.20. The first-order valence-corrected chi connectivity index (χ1v) is 10.4. The number of hydrogen-bond acceptors (Lipinski definition) is 5. The van der Waals surface area contributed by atoms with Gasteiger partial charge in [0.25, 0.3) is 0 Å². The van der Waals surface area contributed by atoms with Crippen molar-refractivity contribution in [2.45, 2.75) is 89.9 Å². The number of ether oxygens (including phenoxy) is 1. The van der Waals surface area contributed by atoms with E-state index in [1.807, 2.05) is 0 Å². The molecule has 23 heavy (non-hydrogen) atoms. The summed E-state index contributed by atoms with van der Waals surface area (Å²) in [7, 11) is 0. The van der Waals surface area contributed by atoms with Crippen LogP contribution in [0.4, 0.5) is 0 Å². The van der Waals surface area contributed by atoms with Gasteiger partial charge in [0.2, 0.25) is 0 Å². The van der Waals surface area contributed by atoms with Gasteiger partial charge in [-0.3, -0.25) is 0 Å². The van der Waals surface area contributed by atoms with E-state index < -0.39 is 12.2 Å². The Morgan fingerprint density at radius 2 is 1.61 bits per heavy atom. The smallest absolute Gasteiger partial charge is 0.0861 e. The van der Waals surface area contributed by atoms with Gasteiger partial charge in [0.1, 0.15) is 0 Å². The third-order valence-corrected chi connectivity index (χ3v) is 5.11. The normalized spacial score (nSPS) is 15.5. The highest BCUT2D eigenvalue weighted by Crippen LogP contribution is 2.14. The summed E-state index contributed by atoms with van der Waals surface area (Å²) in [5.41, 5.74) is 0. The summed E-state index contributed by atoms with van der Waals surface area (Å²) in [5, 5.41) is 27.7.